The van der Waals surface area contributed by atoms with Crippen LogP contribution in [0.4, 0.5) is 5.69 Å². The number of hydrogen-bond acceptors (Lipinski definition) is 7. The molecule has 2 heterocycles. The second-order valence-corrected chi connectivity index (χ2v) is 12.9. The molecule has 8 heteroatoms. The van der Waals surface area contributed by atoms with Crippen LogP contribution in [0.1, 0.15) is 56.5 Å². The van der Waals surface area contributed by atoms with Crippen LogP contribution in [0.3, 0.4) is 0 Å². The summed E-state index contributed by atoms with van der Waals surface area (Å²) in [5, 5.41) is 28.2. The highest BCUT2D eigenvalue weighted by molar-refractivity contribution is 7.98. The van der Waals surface area contributed by atoms with Crippen LogP contribution in [-0.2, 0) is 18.7 Å². The van der Waals surface area contributed by atoms with Crippen LogP contribution in [0.5, 0.6) is 0 Å². The molecule has 4 aromatic rings. The van der Waals surface area contributed by atoms with E-state index >= 15 is 0 Å². The first-order valence-corrected chi connectivity index (χ1v) is 16.7. The van der Waals surface area contributed by atoms with Gasteiger partial charge in [0.25, 0.3) is 5.69 Å². The Balaban J connectivity index is 0.000000222. The van der Waals surface area contributed by atoms with Crippen molar-refractivity contribution >= 4 is 39.6 Å². The molecule has 0 radical (unpaired) electrons. The molecule has 0 saturated carbocycles. The number of nitrogens with one attached hydrogen (secondary N) is 1. The lowest BCUT2D eigenvalue weighted by Gasteiger charge is -2.26. The summed E-state index contributed by atoms with van der Waals surface area (Å²) >= 11 is 3.22. The van der Waals surface area contributed by atoms with Gasteiger partial charge in [0.05, 0.1) is 16.4 Å². The zero-order chi connectivity index (χ0) is 30.4. The number of thiophene rings is 1. The molecule has 3 aromatic carbocycles. The van der Waals surface area contributed by atoms with E-state index in [-0.39, 0.29) is 22.8 Å². The number of thioether (sulfide) groups is 1. The monoisotopic (exact) mass is 607 g/mol. The van der Waals surface area contributed by atoms with Crippen molar-refractivity contribution in [3.63, 3.8) is 0 Å². The number of β-amino-alcohol motifs (C(OH)–C–C–N with tert-alkyl or cyclic N) is 1. The van der Waals surface area contributed by atoms with Gasteiger partial charge in [0.15, 0.2) is 0 Å². The van der Waals surface area contributed by atoms with E-state index in [0.29, 0.717) is 6.54 Å². The maximum Gasteiger partial charge on any atom is 0.283 e. The zero-order valence-electron chi connectivity index (χ0n) is 25.3. The number of likely N-dealkylation sites (tertiary alicyclic amines) is 1. The number of rotatable bonds is 11. The average Bonchev–Trinajstić information content (AvgIpc) is 3.71. The largest absolute Gasteiger partial charge is 0.395 e. The Kier molecular flexibility index (Phi) is 14.0. The first-order chi connectivity index (χ1) is 20.3. The molecule has 42 heavy (non-hydrogen) atoms. The highest BCUT2D eigenvalue weighted by atomic mass is 32.2. The molecule has 1 aliphatic heterocycles. The molecule has 0 atom stereocenters. The van der Waals surface area contributed by atoms with Gasteiger partial charge >= 0.3 is 0 Å². The quantitative estimate of drug-likeness (QED) is 0.101. The Bertz CT molecular complexity index is 1370. The number of nitro benzene ring substituents is 1. The Morgan fingerprint density at radius 3 is 2.36 bits per heavy atom. The lowest BCUT2D eigenvalue weighted by atomic mass is 9.93. The smallest absolute Gasteiger partial charge is 0.283 e. The van der Waals surface area contributed by atoms with E-state index in [1.54, 1.807) is 17.4 Å². The molecular weight excluding hydrogens is 563 g/mol. The van der Waals surface area contributed by atoms with E-state index in [4.69, 9.17) is 5.11 Å². The molecule has 0 aliphatic carbocycles. The van der Waals surface area contributed by atoms with Crippen LogP contribution in [0.15, 0.2) is 83.1 Å². The lowest BCUT2D eigenvalue weighted by Crippen LogP contribution is -2.42. The maximum atomic E-state index is 11.4. The van der Waals surface area contributed by atoms with Crippen LogP contribution in [-0.4, -0.2) is 46.7 Å². The van der Waals surface area contributed by atoms with Gasteiger partial charge in [-0.2, -0.15) is 0 Å². The van der Waals surface area contributed by atoms with Crippen molar-refractivity contribution in [2.45, 2.75) is 69.7 Å². The molecule has 0 amide bonds. The van der Waals surface area contributed by atoms with Crippen molar-refractivity contribution in [3.05, 3.63) is 104 Å². The average molecular weight is 608 g/mol. The topological polar surface area (TPSA) is 78.6 Å². The van der Waals surface area contributed by atoms with Crippen molar-refractivity contribution in [2.75, 3.05) is 26.2 Å². The number of hydrogen-bond donors (Lipinski definition) is 2. The highest BCUT2D eigenvalue weighted by Gasteiger charge is 2.19. The molecule has 1 fully saturated rings. The first-order valence-electron chi connectivity index (χ1n) is 14.8. The molecule has 1 aromatic heterocycles. The standard InChI is InChI=1S/C16H18N2O2S2.C16H21NO.C2H6/c19-18(20)15-10-13(11-17-7-1-2-8-17)5-6-16(15)22-12-14-4-3-9-21-14;1-16(2,17-9-10-18)12-13-7-8-14-5-3-4-6-15(14)11-13;1-2/h3-6,9-10H,1-2,7-8,11-12H2;3-8,11,17-18H,9-10,12H2,1-2H3;1-2H3. The van der Waals surface area contributed by atoms with Crippen molar-refractivity contribution in [2.24, 2.45) is 0 Å². The van der Waals surface area contributed by atoms with Gasteiger partial charge in [-0.1, -0.05) is 68.4 Å². The van der Waals surface area contributed by atoms with Crippen LogP contribution in [0, 0.1) is 10.1 Å². The molecule has 1 aliphatic rings. The Morgan fingerprint density at radius 1 is 0.976 bits per heavy atom. The highest BCUT2D eigenvalue weighted by Crippen LogP contribution is 2.33. The summed E-state index contributed by atoms with van der Waals surface area (Å²) in [6, 6.07) is 24.8. The molecule has 0 spiro atoms. The van der Waals surface area contributed by atoms with Crippen molar-refractivity contribution in [1.29, 1.82) is 0 Å². The van der Waals surface area contributed by atoms with E-state index in [2.05, 4.69) is 72.6 Å². The summed E-state index contributed by atoms with van der Waals surface area (Å²) in [6.45, 7) is 12.2. The fraction of sp³-hybridized carbons (Fsp3) is 0.412. The lowest BCUT2D eigenvalue weighted by molar-refractivity contribution is -0.387. The number of aliphatic hydroxyl groups is 1. The number of fused-ring (bicyclic) bond motifs is 1. The van der Waals surface area contributed by atoms with Crippen LogP contribution in [0.2, 0.25) is 0 Å². The van der Waals surface area contributed by atoms with Gasteiger partial charge in [0.1, 0.15) is 0 Å². The van der Waals surface area contributed by atoms with Crippen LogP contribution >= 0.6 is 23.1 Å². The van der Waals surface area contributed by atoms with Crippen LogP contribution in [0.25, 0.3) is 10.8 Å². The summed E-state index contributed by atoms with van der Waals surface area (Å²) in [5.41, 5.74) is 2.60. The molecule has 0 bridgehead atoms. The molecule has 226 valence electrons. The molecule has 0 unspecified atom stereocenters. The molecular formula is C34H45N3O3S2. The van der Waals surface area contributed by atoms with E-state index < -0.39 is 0 Å². The van der Waals surface area contributed by atoms with E-state index in [9.17, 15) is 10.1 Å². The third-order valence-electron chi connectivity index (χ3n) is 6.95. The molecule has 5 rings (SSSR count). The van der Waals surface area contributed by atoms with Gasteiger partial charge in [-0.3, -0.25) is 15.0 Å². The number of nitro groups is 1. The second-order valence-electron chi connectivity index (χ2n) is 10.8. The minimum absolute atomic E-state index is 0.00515. The third-order valence-corrected chi connectivity index (χ3v) is 9.12. The number of nitrogens with zero attached hydrogens (tertiary/aromatic N) is 2. The summed E-state index contributed by atoms with van der Waals surface area (Å²) in [4.78, 5) is 15.4. The van der Waals surface area contributed by atoms with Gasteiger partial charge in [-0.15, -0.1) is 23.1 Å². The normalized spacial score (nSPS) is 13.3. The van der Waals surface area contributed by atoms with Gasteiger partial charge in [0.2, 0.25) is 0 Å². The summed E-state index contributed by atoms with van der Waals surface area (Å²) in [6.07, 6.45) is 3.42. The minimum Gasteiger partial charge on any atom is -0.395 e. The summed E-state index contributed by atoms with van der Waals surface area (Å²) < 4.78 is 0. The second kappa shape index (κ2) is 17.4. The summed E-state index contributed by atoms with van der Waals surface area (Å²) in [7, 11) is 0. The fourth-order valence-corrected chi connectivity index (χ4v) is 6.76. The fourth-order valence-electron chi connectivity index (χ4n) is 4.98. The van der Waals surface area contributed by atoms with Gasteiger partial charge in [-0.05, 0) is 85.6 Å². The molecule has 1 saturated heterocycles. The van der Waals surface area contributed by atoms with E-state index in [0.717, 1.165) is 42.3 Å². The van der Waals surface area contributed by atoms with E-state index in [1.807, 2.05) is 37.4 Å². The first kappa shape index (κ1) is 33.7. The predicted octanol–water partition coefficient (Wildman–Crippen LogP) is 8.31. The Morgan fingerprint density at radius 2 is 1.69 bits per heavy atom. The summed E-state index contributed by atoms with van der Waals surface area (Å²) in [5.74, 6) is 0.782. The van der Waals surface area contributed by atoms with Crippen molar-refractivity contribution in [3.8, 4) is 0 Å². The minimum atomic E-state index is -0.260. The Hall–Kier alpha value is -2.75. The SMILES string of the molecule is CC.CC(C)(Cc1ccc2ccccc2c1)NCCO.O=[N+]([O-])c1cc(CN2CCCC2)ccc1SCc1cccs1. The zero-order valence-corrected chi connectivity index (χ0v) is 27.0. The van der Waals surface area contributed by atoms with Crippen molar-refractivity contribution in [1.82, 2.24) is 10.2 Å². The third kappa shape index (κ3) is 10.8. The predicted molar refractivity (Wildman–Crippen MR) is 180 cm³/mol. The number of aliphatic hydroxyl groups excluding tert-OH is 1. The molecule has 6 nitrogen and oxygen atoms in total. The van der Waals surface area contributed by atoms with Gasteiger partial charge in [0, 0.05) is 35.3 Å². The van der Waals surface area contributed by atoms with E-state index in [1.165, 1.54) is 45.8 Å². The van der Waals surface area contributed by atoms with Gasteiger partial charge < -0.3 is 10.4 Å². The van der Waals surface area contributed by atoms with Gasteiger partial charge in [-0.25, -0.2) is 0 Å². The number of benzene rings is 3. The molecule has 2 N–H and O–H groups in total. The van der Waals surface area contributed by atoms with Crippen molar-refractivity contribution < 1.29 is 10.0 Å². The Labute approximate surface area is 259 Å². The maximum absolute atomic E-state index is 11.4. The van der Waals surface area contributed by atoms with Crippen LogP contribution < -0.4 is 5.32 Å².